The van der Waals surface area contributed by atoms with E-state index < -0.39 is 0 Å². The molecular formula is C21H25N3O3. The number of rotatable bonds is 6. The fourth-order valence-corrected chi connectivity index (χ4v) is 3.37. The Balaban J connectivity index is 1.97. The molecule has 2 aromatic rings. The summed E-state index contributed by atoms with van der Waals surface area (Å²) in [5, 5.41) is 6.21. The first-order valence-electron chi connectivity index (χ1n) is 8.96. The second kappa shape index (κ2) is 8.22. The molecular weight excluding hydrogens is 342 g/mol. The molecule has 1 unspecified atom stereocenters. The Morgan fingerprint density at radius 3 is 2.41 bits per heavy atom. The van der Waals surface area contributed by atoms with Crippen LogP contribution in [-0.4, -0.2) is 37.4 Å². The molecule has 1 heterocycles. The summed E-state index contributed by atoms with van der Waals surface area (Å²) in [6, 6.07) is 13.5. The summed E-state index contributed by atoms with van der Waals surface area (Å²) in [5.41, 5.74) is 9.76. The molecule has 1 atom stereocenters. The van der Waals surface area contributed by atoms with Crippen LogP contribution in [0.15, 0.2) is 47.6 Å². The van der Waals surface area contributed by atoms with Crippen molar-refractivity contribution in [1.29, 1.82) is 0 Å². The van der Waals surface area contributed by atoms with Crippen LogP contribution in [0.3, 0.4) is 0 Å². The number of benzene rings is 2. The Morgan fingerprint density at radius 1 is 1.15 bits per heavy atom. The van der Waals surface area contributed by atoms with E-state index in [-0.39, 0.29) is 11.9 Å². The minimum Gasteiger partial charge on any atom is -0.497 e. The second-order valence-electron chi connectivity index (χ2n) is 6.47. The molecule has 6 heteroatoms. The van der Waals surface area contributed by atoms with Crippen molar-refractivity contribution in [3.8, 4) is 11.5 Å². The highest BCUT2D eigenvalue weighted by Gasteiger charge is 2.32. The van der Waals surface area contributed by atoms with Gasteiger partial charge in [-0.3, -0.25) is 4.79 Å². The monoisotopic (exact) mass is 367 g/mol. The molecule has 0 saturated heterocycles. The number of carbonyl (C=O) groups is 1. The SMILES string of the molecule is COc1ccc(C2CC(c3cc(OC)ccc3CCN)=NN2C(C)=O)cc1. The maximum absolute atomic E-state index is 12.2. The van der Waals surface area contributed by atoms with Crippen LogP contribution in [0.2, 0.25) is 0 Å². The molecule has 3 rings (SSSR count). The molecule has 1 aliphatic rings. The van der Waals surface area contributed by atoms with Gasteiger partial charge in [-0.2, -0.15) is 5.10 Å². The Bertz CT molecular complexity index is 846. The number of nitrogens with zero attached hydrogens (tertiary/aromatic N) is 2. The number of hydrogen-bond acceptors (Lipinski definition) is 5. The van der Waals surface area contributed by atoms with Crippen molar-refractivity contribution >= 4 is 11.6 Å². The molecule has 0 aromatic heterocycles. The van der Waals surface area contributed by atoms with E-state index in [2.05, 4.69) is 5.10 Å². The van der Waals surface area contributed by atoms with E-state index >= 15 is 0 Å². The van der Waals surface area contributed by atoms with Crippen LogP contribution in [0.1, 0.15) is 36.1 Å². The summed E-state index contributed by atoms with van der Waals surface area (Å²) in [6.07, 6.45) is 1.38. The van der Waals surface area contributed by atoms with E-state index in [0.29, 0.717) is 13.0 Å². The van der Waals surface area contributed by atoms with E-state index in [1.54, 1.807) is 19.2 Å². The van der Waals surface area contributed by atoms with E-state index in [4.69, 9.17) is 15.2 Å². The molecule has 27 heavy (non-hydrogen) atoms. The summed E-state index contributed by atoms with van der Waals surface area (Å²) in [7, 11) is 3.27. The van der Waals surface area contributed by atoms with Crippen LogP contribution in [0.4, 0.5) is 0 Å². The van der Waals surface area contributed by atoms with E-state index in [1.807, 2.05) is 42.5 Å². The van der Waals surface area contributed by atoms with Crippen LogP contribution < -0.4 is 15.2 Å². The fourth-order valence-electron chi connectivity index (χ4n) is 3.37. The van der Waals surface area contributed by atoms with E-state index in [0.717, 1.165) is 40.3 Å². The molecule has 142 valence electrons. The number of hydrazone groups is 1. The van der Waals surface area contributed by atoms with Crippen molar-refractivity contribution in [2.75, 3.05) is 20.8 Å². The summed E-state index contributed by atoms with van der Waals surface area (Å²) < 4.78 is 10.6. The zero-order chi connectivity index (χ0) is 19.4. The number of ether oxygens (including phenoxy) is 2. The molecule has 1 aliphatic heterocycles. The quantitative estimate of drug-likeness (QED) is 0.852. The van der Waals surface area contributed by atoms with Gasteiger partial charge in [0.2, 0.25) is 5.91 Å². The Morgan fingerprint density at radius 2 is 1.81 bits per heavy atom. The van der Waals surface area contributed by atoms with Crippen LogP contribution in [-0.2, 0) is 11.2 Å². The van der Waals surface area contributed by atoms with Gasteiger partial charge in [0.25, 0.3) is 0 Å². The molecule has 0 aliphatic carbocycles. The standard InChI is InChI=1S/C21H25N3O3/c1-14(25)24-21(16-5-7-17(26-2)8-6-16)13-20(23-24)19-12-18(27-3)9-4-15(19)10-11-22/h4-9,12,21H,10-11,13,22H2,1-3H3. The van der Waals surface area contributed by atoms with Gasteiger partial charge >= 0.3 is 0 Å². The van der Waals surface area contributed by atoms with Crippen molar-refractivity contribution < 1.29 is 14.3 Å². The molecule has 0 radical (unpaired) electrons. The molecule has 2 N–H and O–H groups in total. The zero-order valence-corrected chi connectivity index (χ0v) is 15.9. The van der Waals surface area contributed by atoms with Crippen LogP contribution >= 0.6 is 0 Å². The third-order valence-electron chi connectivity index (χ3n) is 4.78. The molecule has 0 fully saturated rings. The van der Waals surface area contributed by atoms with E-state index in [1.165, 1.54) is 6.92 Å². The van der Waals surface area contributed by atoms with Gasteiger partial charge in [0.1, 0.15) is 11.5 Å². The molecule has 6 nitrogen and oxygen atoms in total. The van der Waals surface area contributed by atoms with Gasteiger partial charge in [0.15, 0.2) is 0 Å². The maximum Gasteiger partial charge on any atom is 0.240 e. The largest absolute Gasteiger partial charge is 0.497 e. The Hall–Kier alpha value is -2.86. The average Bonchev–Trinajstić information content (AvgIpc) is 3.14. The van der Waals surface area contributed by atoms with Gasteiger partial charge in [0.05, 0.1) is 26.0 Å². The predicted molar refractivity (Wildman–Crippen MR) is 105 cm³/mol. The third-order valence-corrected chi connectivity index (χ3v) is 4.78. The lowest BCUT2D eigenvalue weighted by molar-refractivity contribution is -0.130. The Kier molecular flexibility index (Phi) is 5.76. The van der Waals surface area contributed by atoms with Crippen molar-refractivity contribution in [2.24, 2.45) is 10.8 Å². The van der Waals surface area contributed by atoms with Gasteiger partial charge in [-0.15, -0.1) is 0 Å². The molecule has 1 amide bonds. The normalized spacial score (nSPS) is 16.2. The first-order valence-corrected chi connectivity index (χ1v) is 8.96. The lowest BCUT2D eigenvalue weighted by Gasteiger charge is -2.20. The first-order chi connectivity index (χ1) is 13.1. The third kappa shape index (κ3) is 3.95. The van der Waals surface area contributed by atoms with Crippen LogP contribution in [0.25, 0.3) is 0 Å². The number of carbonyl (C=O) groups excluding carboxylic acids is 1. The van der Waals surface area contributed by atoms with Crippen LogP contribution in [0, 0.1) is 0 Å². The number of amides is 1. The van der Waals surface area contributed by atoms with Gasteiger partial charge < -0.3 is 15.2 Å². The Labute approximate surface area is 159 Å². The summed E-state index contributed by atoms with van der Waals surface area (Å²) in [6.45, 7) is 2.08. The lowest BCUT2D eigenvalue weighted by Crippen LogP contribution is -2.24. The van der Waals surface area contributed by atoms with Crippen molar-refractivity contribution in [3.63, 3.8) is 0 Å². The van der Waals surface area contributed by atoms with E-state index in [9.17, 15) is 4.79 Å². The molecule has 0 spiro atoms. The highest BCUT2D eigenvalue weighted by molar-refractivity contribution is 6.04. The summed E-state index contributed by atoms with van der Waals surface area (Å²) >= 11 is 0. The lowest BCUT2D eigenvalue weighted by atomic mass is 9.94. The van der Waals surface area contributed by atoms with Crippen molar-refractivity contribution in [2.45, 2.75) is 25.8 Å². The average molecular weight is 367 g/mol. The fraction of sp³-hybridized carbons (Fsp3) is 0.333. The van der Waals surface area contributed by atoms with Gasteiger partial charge in [0, 0.05) is 18.9 Å². The minimum atomic E-state index is -0.139. The van der Waals surface area contributed by atoms with Gasteiger partial charge in [-0.1, -0.05) is 18.2 Å². The van der Waals surface area contributed by atoms with Gasteiger partial charge in [-0.25, -0.2) is 5.01 Å². The molecule has 0 bridgehead atoms. The number of nitrogens with two attached hydrogens (primary N) is 1. The number of methoxy groups -OCH3 is 2. The smallest absolute Gasteiger partial charge is 0.240 e. The predicted octanol–water partition coefficient (Wildman–Crippen LogP) is 2.90. The van der Waals surface area contributed by atoms with Gasteiger partial charge in [-0.05, 0) is 48.4 Å². The summed E-state index contributed by atoms with van der Waals surface area (Å²) in [5.74, 6) is 1.45. The van der Waals surface area contributed by atoms with Crippen LogP contribution in [0.5, 0.6) is 11.5 Å². The number of hydrogen-bond donors (Lipinski definition) is 1. The first kappa shape index (κ1) is 18.9. The topological polar surface area (TPSA) is 77.2 Å². The minimum absolute atomic E-state index is 0.0888. The van der Waals surface area contributed by atoms with Crippen molar-refractivity contribution in [1.82, 2.24) is 5.01 Å². The molecule has 0 saturated carbocycles. The maximum atomic E-state index is 12.2. The van der Waals surface area contributed by atoms with Crippen molar-refractivity contribution in [3.05, 3.63) is 59.2 Å². The molecule has 2 aromatic carbocycles. The highest BCUT2D eigenvalue weighted by atomic mass is 16.5. The highest BCUT2D eigenvalue weighted by Crippen LogP contribution is 2.35. The zero-order valence-electron chi connectivity index (χ0n) is 15.9. The second-order valence-corrected chi connectivity index (χ2v) is 6.47. The summed E-state index contributed by atoms with van der Waals surface area (Å²) in [4.78, 5) is 12.2.